The van der Waals surface area contributed by atoms with Crippen molar-refractivity contribution in [2.45, 2.75) is 44.3 Å². The number of likely N-dealkylation sites (N-methyl/N-ethyl adjacent to an activating group) is 1. The highest BCUT2D eigenvalue weighted by Gasteiger charge is 2.27. The predicted molar refractivity (Wildman–Crippen MR) is 133 cm³/mol. The number of halogens is 2. The van der Waals surface area contributed by atoms with Crippen LogP contribution in [-0.2, 0) is 9.53 Å². The van der Waals surface area contributed by atoms with Crippen LogP contribution in [0.15, 0.2) is 30.3 Å². The van der Waals surface area contributed by atoms with Crippen molar-refractivity contribution in [3.8, 4) is 11.7 Å². The van der Waals surface area contributed by atoms with Crippen LogP contribution in [0.5, 0.6) is 5.88 Å². The van der Waals surface area contributed by atoms with E-state index in [-0.39, 0.29) is 36.2 Å². The summed E-state index contributed by atoms with van der Waals surface area (Å²) in [6.45, 7) is 2.53. The van der Waals surface area contributed by atoms with Gasteiger partial charge in [0.15, 0.2) is 5.82 Å². The lowest BCUT2D eigenvalue weighted by Crippen LogP contribution is -2.42. The molecule has 0 unspecified atom stereocenters. The van der Waals surface area contributed by atoms with Crippen molar-refractivity contribution in [1.29, 1.82) is 0 Å². The van der Waals surface area contributed by atoms with Gasteiger partial charge in [0.25, 0.3) is 6.43 Å². The number of fused-ring (bicyclic) bond motifs is 1. The van der Waals surface area contributed by atoms with E-state index in [0.717, 1.165) is 25.7 Å². The normalized spacial score (nSPS) is 20.4. The molecule has 0 radical (unpaired) electrons. The Labute approximate surface area is 213 Å². The van der Waals surface area contributed by atoms with Gasteiger partial charge < -0.3 is 25.0 Å². The molecule has 3 heterocycles. The molecule has 12 heteroatoms. The highest BCUT2D eigenvalue weighted by atomic mass is 19.3. The quantitative estimate of drug-likeness (QED) is 0.472. The molecular weight excluding hydrogens is 484 g/mol. The van der Waals surface area contributed by atoms with E-state index in [1.165, 1.54) is 4.57 Å². The molecule has 5 rings (SSSR count). The highest BCUT2D eigenvalue weighted by Crippen LogP contribution is 2.31. The molecule has 2 aromatic heterocycles. The number of hydrogen-bond acceptors (Lipinski definition) is 8. The number of alkyl halides is 2. The van der Waals surface area contributed by atoms with Gasteiger partial charge in [-0.2, -0.15) is 9.97 Å². The number of carbonyl (C=O) groups is 1. The zero-order chi connectivity index (χ0) is 25.8. The van der Waals surface area contributed by atoms with Crippen molar-refractivity contribution in [3.63, 3.8) is 0 Å². The average Bonchev–Trinajstić information content (AvgIpc) is 3.31. The summed E-state index contributed by atoms with van der Waals surface area (Å²) in [5.74, 6) is 0.610. The minimum Gasteiger partial charge on any atom is -0.474 e. The van der Waals surface area contributed by atoms with E-state index >= 15 is 0 Å². The van der Waals surface area contributed by atoms with Gasteiger partial charge in [-0.05, 0) is 44.9 Å². The molecule has 198 valence electrons. The van der Waals surface area contributed by atoms with E-state index in [1.54, 1.807) is 37.4 Å². The van der Waals surface area contributed by atoms with Gasteiger partial charge in [-0.25, -0.2) is 13.8 Å². The van der Waals surface area contributed by atoms with Crippen LogP contribution < -0.4 is 20.3 Å². The molecule has 1 aliphatic heterocycles. The number of morpholine rings is 1. The summed E-state index contributed by atoms with van der Waals surface area (Å²) in [5.41, 5.74) is 0.999. The van der Waals surface area contributed by atoms with Gasteiger partial charge in [-0.3, -0.25) is 9.36 Å². The Hall–Kier alpha value is -3.38. The molecule has 2 aliphatic rings. The van der Waals surface area contributed by atoms with Gasteiger partial charge in [-0.15, -0.1) is 0 Å². The smallest absolute Gasteiger partial charge is 0.296 e. The van der Waals surface area contributed by atoms with Crippen LogP contribution >= 0.6 is 0 Å². The number of imidazole rings is 1. The van der Waals surface area contributed by atoms with Crippen LogP contribution in [-0.4, -0.2) is 77.5 Å². The van der Waals surface area contributed by atoms with E-state index in [4.69, 9.17) is 9.47 Å². The third-order valence-electron chi connectivity index (χ3n) is 6.65. The summed E-state index contributed by atoms with van der Waals surface area (Å²) in [4.78, 5) is 27.3. The third kappa shape index (κ3) is 5.80. The lowest BCUT2D eigenvalue weighted by molar-refractivity contribution is -0.121. The Balaban J connectivity index is 1.43. The fraction of sp³-hybridized carbons (Fsp3) is 0.520. The van der Waals surface area contributed by atoms with Gasteiger partial charge >= 0.3 is 0 Å². The number of benzene rings is 1. The number of anilines is 1. The molecule has 1 aliphatic carbocycles. The van der Waals surface area contributed by atoms with Crippen LogP contribution in [0.1, 0.15) is 37.9 Å². The Morgan fingerprint density at radius 2 is 1.89 bits per heavy atom. The molecule has 1 aromatic carbocycles. The molecule has 10 nitrogen and oxygen atoms in total. The Morgan fingerprint density at radius 3 is 2.62 bits per heavy atom. The first-order valence-electron chi connectivity index (χ1n) is 12.6. The number of amides is 1. The maximum Gasteiger partial charge on any atom is 0.296 e. The van der Waals surface area contributed by atoms with Crippen molar-refractivity contribution >= 4 is 22.9 Å². The lowest BCUT2D eigenvalue weighted by atomic mass is 9.93. The van der Waals surface area contributed by atoms with Gasteiger partial charge in [0.2, 0.25) is 17.7 Å². The van der Waals surface area contributed by atoms with Crippen molar-refractivity contribution in [2.75, 3.05) is 44.8 Å². The van der Waals surface area contributed by atoms with E-state index in [0.29, 0.717) is 49.2 Å². The van der Waals surface area contributed by atoms with Crippen LogP contribution in [0.25, 0.3) is 16.9 Å². The summed E-state index contributed by atoms with van der Waals surface area (Å²) in [6.07, 6.45) is 0.172. The molecule has 1 amide bonds. The Bertz CT molecular complexity index is 1220. The zero-order valence-corrected chi connectivity index (χ0v) is 20.7. The number of rotatable bonds is 8. The molecule has 0 bridgehead atoms. The number of carbonyl (C=O) groups excluding carboxylic acids is 1. The Morgan fingerprint density at radius 1 is 1.14 bits per heavy atom. The summed E-state index contributed by atoms with van der Waals surface area (Å²) in [7, 11) is 1.74. The van der Waals surface area contributed by atoms with Crippen LogP contribution in [0.4, 0.5) is 14.7 Å². The summed E-state index contributed by atoms with van der Waals surface area (Å²) < 4.78 is 41.2. The molecule has 0 spiro atoms. The van der Waals surface area contributed by atoms with Crippen molar-refractivity contribution < 1.29 is 23.0 Å². The second-order valence-corrected chi connectivity index (χ2v) is 9.25. The maximum atomic E-state index is 14.0. The third-order valence-corrected chi connectivity index (χ3v) is 6.65. The van der Waals surface area contributed by atoms with Crippen molar-refractivity contribution in [3.05, 3.63) is 36.2 Å². The number of nitrogens with zero attached hydrogens (tertiary/aromatic N) is 5. The van der Waals surface area contributed by atoms with Gasteiger partial charge in [0.05, 0.1) is 30.8 Å². The van der Waals surface area contributed by atoms with Gasteiger partial charge in [-0.1, -0.05) is 12.1 Å². The molecule has 37 heavy (non-hydrogen) atoms. The second kappa shape index (κ2) is 11.3. The maximum absolute atomic E-state index is 14.0. The van der Waals surface area contributed by atoms with E-state index in [9.17, 15) is 13.6 Å². The van der Waals surface area contributed by atoms with Gasteiger partial charge in [0, 0.05) is 25.2 Å². The molecule has 1 saturated carbocycles. The first-order valence-corrected chi connectivity index (χ1v) is 12.6. The Kier molecular flexibility index (Phi) is 7.75. The topological polar surface area (TPSA) is 106 Å². The number of ether oxygens (including phenoxy) is 2. The number of para-hydroxylation sites is 2. The highest BCUT2D eigenvalue weighted by molar-refractivity contribution is 5.78. The largest absolute Gasteiger partial charge is 0.474 e. The first kappa shape index (κ1) is 25.3. The summed E-state index contributed by atoms with van der Waals surface area (Å²) in [6, 6.07) is 8.70. The number of hydrogen-bond donors (Lipinski definition) is 2. The molecular formula is C25H31F2N7O3. The van der Waals surface area contributed by atoms with Crippen LogP contribution in [0.3, 0.4) is 0 Å². The SMILES string of the molecule is CNCC(=O)N[C@H]1CC[C@H](Oc2cc(-n3c(C(F)F)nc4ccccc43)nc(N3CCOCC3)n2)CC1. The molecule has 3 aromatic rings. The molecule has 1 saturated heterocycles. The van der Waals surface area contributed by atoms with Crippen LogP contribution in [0, 0.1) is 0 Å². The number of aromatic nitrogens is 4. The zero-order valence-electron chi connectivity index (χ0n) is 20.7. The van der Waals surface area contributed by atoms with E-state index in [1.807, 2.05) is 4.90 Å². The lowest BCUT2D eigenvalue weighted by Gasteiger charge is -2.30. The molecule has 2 fully saturated rings. The van der Waals surface area contributed by atoms with E-state index < -0.39 is 6.43 Å². The fourth-order valence-electron chi connectivity index (χ4n) is 4.85. The minimum absolute atomic E-state index is 0.0233. The predicted octanol–water partition coefficient (Wildman–Crippen LogP) is 2.62. The van der Waals surface area contributed by atoms with Crippen molar-refractivity contribution in [2.24, 2.45) is 0 Å². The van der Waals surface area contributed by atoms with Gasteiger partial charge in [0.1, 0.15) is 11.9 Å². The monoisotopic (exact) mass is 515 g/mol. The van der Waals surface area contributed by atoms with Crippen molar-refractivity contribution in [1.82, 2.24) is 30.2 Å². The molecule has 0 atom stereocenters. The standard InChI is InChI=1S/C25H31F2N7O3/c1-28-15-21(35)29-16-6-8-17(9-7-16)37-22-14-20(31-25(32-22)33-10-12-36-13-11-33)34-19-5-3-2-4-18(19)30-24(34)23(26)27/h2-5,14,16-17,23,28H,6-13,15H2,1H3,(H,29,35)/t16-,17-. The first-order chi connectivity index (χ1) is 18.0. The minimum atomic E-state index is -2.79. The molecule has 2 N–H and O–H groups in total. The average molecular weight is 516 g/mol. The van der Waals surface area contributed by atoms with Crippen LogP contribution in [0.2, 0.25) is 0 Å². The number of nitrogens with one attached hydrogen (secondary N) is 2. The second-order valence-electron chi connectivity index (χ2n) is 9.25. The summed E-state index contributed by atoms with van der Waals surface area (Å²) >= 11 is 0. The van der Waals surface area contributed by atoms with E-state index in [2.05, 4.69) is 25.6 Å². The fourth-order valence-corrected chi connectivity index (χ4v) is 4.85. The summed E-state index contributed by atoms with van der Waals surface area (Å²) in [5, 5.41) is 5.89.